The van der Waals surface area contributed by atoms with Crippen LogP contribution >= 0.6 is 0 Å². The van der Waals surface area contributed by atoms with Crippen LogP contribution in [0, 0.1) is 25.7 Å². The zero-order valence-electron chi connectivity index (χ0n) is 25.9. The highest BCUT2D eigenvalue weighted by molar-refractivity contribution is 7.84. The SMILES string of the molecule is C=c1c(CC)c(O)[nH]/c1=C\c1[nH]c(/C=c2\[nH]/c(=C/C3[C@H](CC)[C@@H](C)[C@]4(O)[SH+]N34)c(C)c2CCC(=O)O)c(CCC(=O)O)c1C. The van der Waals surface area contributed by atoms with Crippen molar-refractivity contribution in [1.82, 2.24) is 19.3 Å². The van der Waals surface area contributed by atoms with E-state index in [0.717, 1.165) is 68.3 Å². The number of aromatic amines is 3. The largest absolute Gasteiger partial charge is 0.494 e. The van der Waals surface area contributed by atoms with Crippen LogP contribution in [0.4, 0.5) is 0 Å². The van der Waals surface area contributed by atoms with Crippen LogP contribution in [0.25, 0.3) is 24.8 Å². The summed E-state index contributed by atoms with van der Waals surface area (Å²) in [4.78, 5) is 33.1. The van der Waals surface area contributed by atoms with Crippen molar-refractivity contribution >= 4 is 48.7 Å². The fourth-order valence-electron chi connectivity index (χ4n) is 6.85. The fraction of sp³-hybridized carbons (Fsp3) is 0.455. The molecular formula is C33H43N4O6S+. The number of rotatable bonds is 11. The standard InChI is InChI=1S/C33H42N4O6S/c1-7-20-16(3)25(36-32(20)42)13-24-17(4)22(9-11-30(38)39)27(34-24)14-28-23(10-12-31(40)41)18(5)26(35-28)15-29-21(8-2)19(6)33(43)37(29)44-33/h13-15,19,21,29,34-36,42-43H,3,7-12H2,1-2,4-6H3,(H,38,39)(H,40,41)/p+1/b25-13-,26-15+,28-14-/t19-,21-,29?,33+,37?/m1/s1. The zero-order chi connectivity index (χ0) is 32.1. The number of fused-ring (bicyclic) bond motifs is 1. The van der Waals surface area contributed by atoms with Crippen LogP contribution in [0.1, 0.15) is 79.2 Å². The molecule has 2 aliphatic heterocycles. The third kappa shape index (κ3) is 5.64. The summed E-state index contributed by atoms with van der Waals surface area (Å²) in [5, 5.41) is 42.6. The molecule has 0 aliphatic carbocycles. The Balaban J connectivity index is 1.67. The van der Waals surface area contributed by atoms with Gasteiger partial charge in [0.15, 0.2) is 5.88 Å². The maximum absolute atomic E-state index is 11.6. The minimum atomic E-state index is -0.899. The molecule has 10 nitrogen and oxygen atoms in total. The predicted octanol–water partition coefficient (Wildman–Crippen LogP) is 1.17. The summed E-state index contributed by atoms with van der Waals surface area (Å²) in [6.07, 6.45) is 8.10. The summed E-state index contributed by atoms with van der Waals surface area (Å²) in [6, 6.07) is 0.0568. The quantitative estimate of drug-likeness (QED) is 0.0957. The molecule has 0 bridgehead atoms. The fourth-order valence-corrected chi connectivity index (χ4v) is 8.18. The van der Waals surface area contributed by atoms with Gasteiger partial charge in [0, 0.05) is 40.5 Å². The van der Waals surface area contributed by atoms with Crippen molar-refractivity contribution in [3.8, 4) is 5.88 Å². The van der Waals surface area contributed by atoms with E-state index in [1.807, 2.05) is 32.9 Å². The van der Waals surface area contributed by atoms with Gasteiger partial charge in [-0.15, -0.1) is 0 Å². The second kappa shape index (κ2) is 12.0. The number of carbonyl (C=O) groups is 2. The average Bonchev–Trinajstić information content (AvgIpc) is 3.20. The molecule has 3 aromatic heterocycles. The number of aromatic hydroxyl groups is 1. The molecule has 11 heteroatoms. The van der Waals surface area contributed by atoms with E-state index in [9.17, 15) is 30.0 Å². The third-order valence-electron chi connectivity index (χ3n) is 9.57. The first kappa shape index (κ1) is 31.7. The third-order valence-corrected chi connectivity index (χ3v) is 11.1. The number of carboxylic acids is 2. The van der Waals surface area contributed by atoms with Crippen molar-refractivity contribution in [2.24, 2.45) is 11.8 Å². The van der Waals surface area contributed by atoms with Gasteiger partial charge in [0.2, 0.25) is 0 Å². The molecular weight excluding hydrogens is 580 g/mol. The van der Waals surface area contributed by atoms with Gasteiger partial charge in [-0.05, 0) is 89.0 Å². The normalized spacial score (nSPS) is 25.6. The highest BCUT2D eigenvalue weighted by atomic mass is 32.2. The summed E-state index contributed by atoms with van der Waals surface area (Å²) in [5.41, 5.74) is 5.83. The summed E-state index contributed by atoms with van der Waals surface area (Å²) in [6.45, 7) is 14.2. The first-order valence-corrected chi connectivity index (χ1v) is 16.1. The highest BCUT2D eigenvalue weighted by Gasteiger charge is 2.78. The number of carboxylic acid groups (broad SMARTS) is 2. The molecule has 0 amide bonds. The summed E-state index contributed by atoms with van der Waals surface area (Å²) in [5.74, 6) is -1.26. The van der Waals surface area contributed by atoms with Crippen LogP contribution in [0.5, 0.6) is 5.88 Å². The van der Waals surface area contributed by atoms with E-state index in [2.05, 4.69) is 45.8 Å². The first-order chi connectivity index (χ1) is 20.8. The Morgan fingerprint density at radius 1 is 0.932 bits per heavy atom. The average molecular weight is 624 g/mol. The molecule has 236 valence electrons. The van der Waals surface area contributed by atoms with Crippen LogP contribution in [-0.4, -0.2) is 62.7 Å². The minimum absolute atomic E-state index is 0.0292. The van der Waals surface area contributed by atoms with Crippen molar-refractivity contribution in [3.05, 3.63) is 60.5 Å². The molecule has 3 aromatic rings. The van der Waals surface area contributed by atoms with Crippen LogP contribution in [-0.2, 0) is 40.8 Å². The molecule has 0 aromatic carbocycles. The van der Waals surface area contributed by atoms with Gasteiger partial charge >= 0.3 is 17.0 Å². The Bertz CT molecular complexity index is 1850. The van der Waals surface area contributed by atoms with Gasteiger partial charge in [-0.1, -0.05) is 33.8 Å². The minimum Gasteiger partial charge on any atom is -0.494 e. The van der Waals surface area contributed by atoms with Gasteiger partial charge in [-0.25, -0.2) is 0 Å². The molecule has 0 radical (unpaired) electrons. The molecule has 7 N–H and O–H groups in total. The van der Waals surface area contributed by atoms with Gasteiger partial charge in [0.25, 0.3) is 0 Å². The smallest absolute Gasteiger partial charge is 0.345 e. The van der Waals surface area contributed by atoms with Gasteiger partial charge in [-0.3, -0.25) is 9.59 Å². The molecule has 5 atom stereocenters. The number of nitrogens with one attached hydrogen (secondary N) is 3. The predicted molar refractivity (Wildman–Crippen MR) is 173 cm³/mol. The number of thiol groups is 1. The molecule has 44 heavy (non-hydrogen) atoms. The maximum atomic E-state index is 11.6. The number of hydrogen-bond acceptors (Lipinski definition) is 5. The van der Waals surface area contributed by atoms with Gasteiger partial charge in [-0.2, -0.15) is 0 Å². The monoisotopic (exact) mass is 623 g/mol. The Labute approximate surface area is 260 Å². The Morgan fingerprint density at radius 3 is 2.16 bits per heavy atom. The number of aliphatic carboxylic acids is 2. The number of nitrogens with zero attached hydrogens (tertiary/aromatic N) is 1. The van der Waals surface area contributed by atoms with Crippen LogP contribution in [0.15, 0.2) is 0 Å². The van der Waals surface area contributed by atoms with Gasteiger partial charge in [0.1, 0.15) is 11.9 Å². The molecule has 2 fully saturated rings. The second-order valence-corrected chi connectivity index (χ2v) is 13.3. The summed E-state index contributed by atoms with van der Waals surface area (Å²) >= 11 is 0.923. The van der Waals surface area contributed by atoms with E-state index in [1.165, 1.54) is 0 Å². The van der Waals surface area contributed by atoms with E-state index in [-0.39, 0.29) is 30.7 Å². The van der Waals surface area contributed by atoms with E-state index in [0.29, 0.717) is 35.7 Å². The molecule has 2 unspecified atom stereocenters. The molecule has 2 saturated heterocycles. The second-order valence-electron chi connectivity index (χ2n) is 12.0. The summed E-state index contributed by atoms with van der Waals surface area (Å²) < 4.78 is 2.10. The Hall–Kier alpha value is -3.67. The Morgan fingerprint density at radius 2 is 1.57 bits per heavy atom. The van der Waals surface area contributed by atoms with E-state index in [1.54, 1.807) is 0 Å². The van der Waals surface area contributed by atoms with E-state index < -0.39 is 17.0 Å². The lowest BCUT2D eigenvalue weighted by molar-refractivity contribution is -0.138. The number of hydrogen-bond donors (Lipinski definition) is 7. The maximum Gasteiger partial charge on any atom is 0.345 e. The lowest BCUT2D eigenvalue weighted by Gasteiger charge is -2.18. The van der Waals surface area contributed by atoms with Crippen molar-refractivity contribution in [2.75, 3.05) is 0 Å². The van der Waals surface area contributed by atoms with Gasteiger partial charge < -0.3 is 35.4 Å². The number of aromatic nitrogens is 3. The van der Waals surface area contributed by atoms with Gasteiger partial charge in [0.05, 0.1) is 17.3 Å². The zero-order valence-corrected chi connectivity index (χ0v) is 26.8. The van der Waals surface area contributed by atoms with E-state index >= 15 is 0 Å². The topological polar surface area (TPSA) is 165 Å². The first-order valence-electron chi connectivity index (χ1n) is 15.2. The lowest BCUT2D eigenvalue weighted by atomic mass is 9.88. The van der Waals surface area contributed by atoms with Crippen molar-refractivity contribution in [3.63, 3.8) is 0 Å². The highest BCUT2D eigenvalue weighted by Crippen LogP contribution is 2.55. The Kier molecular flexibility index (Phi) is 8.67. The molecule has 0 saturated carbocycles. The number of H-pyrrole nitrogens is 3. The number of aliphatic hydroxyl groups is 1. The van der Waals surface area contributed by atoms with E-state index in [4.69, 9.17) is 0 Å². The molecule has 0 spiro atoms. The summed E-state index contributed by atoms with van der Waals surface area (Å²) in [7, 11) is 0. The van der Waals surface area contributed by atoms with Crippen LogP contribution < -0.4 is 21.3 Å². The van der Waals surface area contributed by atoms with Crippen molar-refractivity contribution in [2.45, 2.75) is 84.2 Å². The van der Waals surface area contributed by atoms with Crippen LogP contribution in [0.3, 0.4) is 0 Å². The molecule has 5 heterocycles. The van der Waals surface area contributed by atoms with Crippen LogP contribution in [0.2, 0.25) is 0 Å². The molecule has 5 rings (SSSR count). The van der Waals surface area contributed by atoms with Crippen molar-refractivity contribution in [1.29, 1.82) is 0 Å². The lowest BCUT2D eigenvalue weighted by Crippen LogP contribution is -2.27. The van der Waals surface area contributed by atoms with Crippen molar-refractivity contribution < 1.29 is 30.0 Å². The molecule has 2 aliphatic rings.